The quantitative estimate of drug-likeness (QED) is 0.200. The van der Waals surface area contributed by atoms with E-state index in [1.54, 1.807) is 29.7 Å². The SMILES string of the molecule is CN=C(NCCNc1nc2ccccc2s1)NCCc1ncc(C)s1.I. The van der Waals surface area contributed by atoms with Crippen molar-refractivity contribution in [1.82, 2.24) is 20.6 Å². The van der Waals surface area contributed by atoms with Crippen LogP contribution in [0.1, 0.15) is 9.88 Å². The predicted molar refractivity (Wildman–Crippen MR) is 123 cm³/mol. The molecular formula is C17H23IN6S2. The number of halogens is 1. The normalized spacial score (nSPS) is 11.2. The number of anilines is 1. The summed E-state index contributed by atoms with van der Waals surface area (Å²) in [5, 5.41) is 12.1. The average molecular weight is 502 g/mol. The second kappa shape index (κ2) is 10.6. The molecule has 0 amide bonds. The molecule has 9 heteroatoms. The van der Waals surface area contributed by atoms with Crippen LogP contribution in [0.2, 0.25) is 0 Å². The molecule has 1 aromatic carbocycles. The molecule has 0 atom stereocenters. The molecule has 0 aliphatic heterocycles. The number of hydrogen-bond acceptors (Lipinski definition) is 6. The maximum atomic E-state index is 4.56. The summed E-state index contributed by atoms with van der Waals surface area (Å²) in [6, 6.07) is 8.17. The highest BCUT2D eigenvalue weighted by molar-refractivity contribution is 14.0. The van der Waals surface area contributed by atoms with Crippen LogP contribution >= 0.6 is 46.7 Å². The fourth-order valence-electron chi connectivity index (χ4n) is 2.32. The van der Waals surface area contributed by atoms with Gasteiger partial charge in [0.05, 0.1) is 15.2 Å². The van der Waals surface area contributed by atoms with Crippen molar-refractivity contribution in [3.63, 3.8) is 0 Å². The van der Waals surface area contributed by atoms with E-state index in [2.05, 4.69) is 43.9 Å². The number of fused-ring (bicyclic) bond motifs is 1. The zero-order valence-corrected chi connectivity index (χ0v) is 18.7. The Balaban J connectivity index is 0.00000243. The summed E-state index contributed by atoms with van der Waals surface area (Å²) in [7, 11) is 1.78. The Labute approximate surface area is 178 Å². The Morgan fingerprint density at radius 2 is 1.92 bits per heavy atom. The Bertz CT molecular complexity index is 812. The topological polar surface area (TPSA) is 74.2 Å². The first kappa shape index (κ1) is 20.8. The molecule has 0 aliphatic carbocycles. The molecule has 0 radical (unpaired) electrons. The van der Waals surface area contributed by atoms with Crippen molar-refractivity contribution in [2.75, 3.05) is 32.0 Å². The molecule has 0 spiro atoms. The van der Waals surface area contributed by atoms with Gasteiger partial charge in [-0.1, -0.05) is 23.5 Å². The first-order chi connectivity index (χ1) is 12.2. The van der Waals surface area contributed by atoms with Crippen LogP contribution in [-0.2, 0) is 6.42 Å². The van der Waals surface area contributed by atoms with Gasteiger partial charge in [-0.25, -0.2) is 9.97 Å². The van der Waals surface area contributed by atoms with Crippen LogP contribution in [0, 0.1) is 6.92 Å². The number of aromatic nitrogens is 2. The minimum Gasteiger partial charge on any atom is -0.360 e. The summed E-state index contributed by atoms with van der Waals surface area (Å²) < 4.78 is 1.20. The molecule has 2 heterocycles. The lowest BCUT2D eigenvalue weighted by molar-refractivity contribution is 0.795. The Hall–Kier alpha value is -1.46. The van der Waals surface area contributed by atoms with Crippen LogP contribution < -0.4 is 16.0 Å². The van der Waals surface area contributed by atoms with E-state index < -0.39 is 0 Å². The van der Waals surface area contributed by atoms with Crippen LogP contribution in [0.3, 0.4) is 0 Å². The number of nitrogens with one attached hydrogen (secondary N) is 3. The Morgan fingerprint density at radius 1 is 1.12 bits per heavy atom. The van der Waals surface area contributed by atoms with Gasteiger partial charge in [-0.15, -0.1) is 35.3 Å². The lowest BCUT2D eigenvalue weighted by Gasteiger charge is -2.11. The maximum absolute atomic E-state index is 4.56. The van der Waals surface area contributed by atoms with E-state index in [9.17, 15) is 0 Å². The van der Waals surface area contributed by atoms with Gasteiger partial charge in [0.2, 0.25) is 0 Å². The summed E-state index contributed by atoms with van der Waals surface area (Å²) in [5.41, 5.74) is 1.04. The standard InChI is InChI=1S/C17H22N6S2.HI/c1-12-11-22-15(24-12)7-8-19-16(18-2)20-9-10-21-17-23-13-5-3-4-6-14(13)25-17;/h3-6,11H,7-10H2,1-2H3,(H,21,23)(H2,18,19,20);1H. The molecule has 0 unspecified atom stereocenters. The van der Waals surface area contributed by atoms with Crippen molar-refractivity contribution < 1.29 is 0 Å². The van der Waals surface area contributed by atoms with Crippen molar-refractivity contribution in [3.05, 3.63) is 40.3 Å². The summed E-state index contributed by atoms with van der Waals surface area (Å²) >= 11 is 3.41. The highest BCUT2D eigenvalue weighted by Crippen LogP contribution is 2.24. The molecule has 0 fully saturated rings. The molecule has 6 nitrogen and oxygen atoms in total. The second-order valence-corrected chi connectivity index (χ2v) is 7.80. The van der Waals surface area contributed by atoms with Crippen molar-refractivity contribution in [3.8, 4) is 0 Å². The van der Waals surface area contributed by atoms with E-state index in [1.807, 2.05) is 24.4 Å². The zero-order chi connectivity index (χ0) is 17.5. The van der Waals surface area contributed by atoms with Crippen LogP contribution in [0.4, 0.5) is 5.13 Å². The third-order valence-corrected chi connectivity index (χ3v) is 5.48. The van der Waals surface area contributed by atoms with Gasteiger partial charge in [-0.05, 0) is 19.1 Å². The molecule has 26 heavy (non-hydrogen) atoms. The second-order valence-electron chi connectivity index (χ2n) is 5.45. The third-order valence-electron chi connectivity index (χ3n) is 3.51. The van der Waals surface area contributed by atoms with Gasteiger partial charge in [0.15, 0.2) is 11.1 Å². The van der Waals surface area contributed by atoms with E-state index in [-0.39, 0.29) is 24.0 Å². The van der Waals surface area contributed by atoms with Gasteiger partial charge in [-0.3, -0.25) is 4.99 Å². The van der Waals surface area contributed by atoms with Crippen LogP contribution in [0.25, 0.3) is 10.2 Å². The number of para-hydroxylation sites is 1. The van der Waals surface area contributed by atoms with Crippen molar-refractivity contribution >= 4 is 68.0 Å². The van der Waals surface area contributed by atoms with Crippen LogP contribution in [-0.4, -0.2) is 42.6 Å². The van der Waals surface area contributed by atoms with Gasteiger partial charge in [0.1, 0.15) is 0 Å². The van der Waals surface area contributed by atoms with Gasteiger partial charge in [0, 0.05) is 44.2 Å². The van der Waals surface area contributed by atoms with E-state index in [1.165, 1.54) is 9.58 Å². The van der Waals surface area contributed by atoms with Gasteiger partial charge >= 0.3 is 0 Å². The number of aryl methyl sites for hydroxylation is 1. The Kier molecular flexibility index (Phi) is 8.52. The largest absolute Gasteiger partial charge is 0.360 e. The highest BCUT2D eigenvalue weighted by atomic mass is 127. The molecule has 2 aromatic heterocycles. The van der Waals surface area contributed by atoms with Gasteiger partial charge in [-0.2, -0.15) is 0 Å². The molecule has 3 rings (SSSR count). The van der Waals surface area contributed by atoms with Gasteiger partial charge in [0.25, 0.3) is 0 Å². The molecular weight excluding hydrogens is 479 g/mol. The van der Waals surface area contributed by atoms with Crippen molar-refractivity contribution in [1.29, 1.82) is 0 Å². The molecule has 0 aliphatic rings. The van der Waals surface area contributed by atoms with E-state index in [4.69, 9.17) is 0 Å². The monoisotopic (exact) mass is 502 g/mol. The van der Waals surface area contributed by atoms with E-state index in [0.717, 1.165) is 47.7 Å². The number of guanidine groups is 1. The number of aliphatic imine (C=N–C) groups is 1. The minimum absolute atomic E-state index is 0. The molecule has 0 saturated carbocycles. The van der Waals surface area contributed by atoms with Crippen molar-refractivity contribution in [2.24, 2.45) is 4.99 Å². The van der Waals surface area contributed by atoms with Crippen molar-refractivity contribution in [2.45, 2.75) is 13.3 Å². The number of benzene rings is 1. The third kappa shape index (κ3) is 6.06. The first-order valence-corrected chi connectivity index (χ1v) is 9.83. The molecule has 0 saturated heterocycles. The number of thiazole rings is 2. The summed E-state index contributed by atoms with van der Waals surface area (Å²) in [6.07, 6.45) is 2.82. The fraction of sp³-hybridized carbons (Fsp3) is 0.353. The molecule has 3 N–H and O–H groups in total. The predicted octanol–water partition coefficient (Wildman–Crippen LogP) is 3.50. The molecule has 3 aromatic rings. The zero-order valence-electron chi connectivity index (χ0n) is 14.8. The number of rotatable bonds is 7. The van der Waals surface area contributed by atoms with Crippen LogP contribution in [0.15, 0.2) is 35.5 Å². The lowest BCUT2D eigenvalue weighted by atomic mass is 10.3. The van der Waals surface area contributed by atoms with Gasteiger partial charge < -0.3 is 16.0 Å². The van der Waals surface area contributed by atoms with Crippen LogP contribution in [0.5, 0.6) is 0 Å². The van der Waals surface area contributed by atoms with E-state index in [0.29, 0.717) is 0 Å². The summed E-state index contributed by atoms with van der Waals surface area (Å²) in [4.78, 5) is 14.4. The highest BCUT2D eigenvalue weighted by Gasteiger charge is 2.03. The average Bonchev–Trinajstić information content (AvgIpc) is 3.22. The molecule has 140 valence electrons. The lowest BCUT2D eigenvalue weighted by Crippen LogP contribution is -2.40. The summed E-state index contributed by atoms with van der Waals surface area (Å²) in [6.45, 7) is 4.45. The minimum atomic E-state index is 0. The smallest absolute Gasteiger partial charge is 0.191 e. The Morgan fingerprint density at radius 3 is 2.65 bits per heavy atom. The molecule has 0 bridgehead atoms. The number of nitrogens with zero attached hydrogens (tertiary/aromatic N) is 3. The summed E-state index contributed by atoms with van der Waals surface area (Å²) in [5.74, 6) is 0.805. The van der Waals surface area contributed by atoms with E-state index >= 15 is 0 Å². The fourth-order valence-corrected chi connectivity index (χ4v) is 4.00. The maximum Gasteiger partial charge on any atom is 0.191 e. The first-order valence-electron chi connectivity index (χ1n) is 8.20. The number of hydrogen-bond donors (Lipinski definition) is 3.